The molecule has 2 amide bonds. The van der Waals surface area contributed by atoms with Gasteiger partial charge in [-0.25, -0.2) is 8.78 Å². The van der Waals surface area contributed by atoms with E-state index in [0.717, 1.165) is 64.0 Å². The second kappa shape index (κ2) is 13.8. The highest BCUT2D eigenvalue weighted by molar-refractivity contribution is 5.95. The smallest absolute Gasteiger partial charge is 0.254 e. The molecule has 244 valence electrons. The van der Waals surface area contributed by atoms with E-state index in [2.05, 4.69) is 20.4 Å². The minimum Gasteiger partial charge on any atom is -0.457 e. The van der Waals surface area contributed by atoms with Gasteiger partial charge in [-0.05, 0) is 94.5 Å². The van der Waals surface area contributed by atoms with Crippen LogP contribution in [0.15, 0.2) is 48.5 Å². The zero-order chi connectivity index (χ0) is 32.3. The Balaban J connectivity index is 1.18. The molecule has 0 spiro atoms. The first-order valence-corrected chi connectivity index (χ1v) is 16.2. The minimum atomic E-state index is -1.59. The van der Waals surface area contributed by atoms with E-state index in [1.54, 1.807) is 41.3 Å². The fourth-order valence-electron chi connectivity index (χ4n) is 6.41. The summed E-state index contributed by atoms with van der Waals surface area (Å²) in [4.78, 5) is 29.9. The third-order valence-corrected chi connectivity index (χ3v) is 9.15. The van der Waals surface area contributed by atoms with Crippen molar-refractivity contribution in [2.75, 3.05) is 32.8 Å². The van der Waals surface area contributed by atoms with Gasteiger partial charge in [-0.2, -0.15) is 10.2 Å². The third kappa shape index (κ3) is 7.53. The number of nitrogens with one attached hydrogen (secondary N) is 1. The first kappa shape index (κ1) is 32.0. The molecule has 0 radical (unpaired) electrons. The quantitative estimate of drug-likeness (QED) is 0.319. The number of ether oxygens (including phenoxy) is 2. The van der Waals surface area contributed by atoms with Gasteiger partial charge in [-0.15, -0.1) is 0 Å². The maximum Gasteiger partial charge on any atom is 0.254 e. The topological polar surface area (TPSA) is 96.9 Å². The maximum absolute atomic E-state index is 15.5. The van der Waals surface area contributed by atoms with Crippen LogP contribution in [0.5, 0.6) is 11.5 Å². The molecule has 4 heterocycles. The fourth-order valence-corrected chi connectivity index (χ4v) is 6.41. The predicted octanol–water partition coefficient (Wildman–Crippen LogP) is 5.78. The molecule has 3 aliphatic rings. The van der Waals surface area contributed by atoms with Gasteiger partial charge in [0.1, 0.15) is 23.0 Å². The number of carbonyl (C=O) groups is 2. The van der Waals surface area contributed by atoms with Crippen LogP contribution in [0.3, 0.4) is 0 Å². The molecule has 46 heavy (non-hydrogen) atoms. The largest absolute Gasteiger partial charge is 0.457 e. The van der Waals surface area contributed by atoms with Gasteiger partial charge < -0.3 is 24.6 Å². The molecule has 3 aliphatic heterocycles. The molecule has 3 aromatic rings. The average Bonchev–Trinajstić information content (AvgIpc) is 3.46. The second-order valence-corrected chi connectivity index (χ2v) is 12.9. The molecule has 0 saturated carbocycles. The fraction of sp³-hybridized carbons (Fsp3) is 0.486. The molecule has 3 saturated heterocycles. The summed E-state index contributed by atoms with van der Waals surface area (Å²) in [6.07, 6.45) is 4.87. The molecule has 0 atom stereocenters. The van der Waals surface area contributed by atoms with Gasteiger partial charge >= 0.3 is 0 Å². The van der Waals surface area contributed by atoms with E-state index >= 15 is 4.39 Å². The standard InChI is InChI=1S/C35H41F2N5O4/c1-35(2,37)32-10-9-30(39-40-32)23-5-7-27(8-6-23)46-31-21-28(29(36)20-24(31)22-42-15-3-4-33(42)43)34(44)38-25-11-16-41(17-12-25)26-13-18-45-19-14-26/h5-10,20-21,25-26H,3-4,11-19,22H2,1-2H3,(H,38,44). The molecule has 1 N–H and O–H groups in total. The highest BCUT2D eigenvalue weighted by atomic mass is 19.1. The highest BCUT2D eigenvalue weighted by Gasteiger charge is 2.29. The van der Waals surface area contributed by atoms with Crippen molar-refractivity contribution in [2.45, 2.75) is 76.7 Å². The lowest BCUT2D eigenvalue weighted by molar-refractivity contribution is -0.128. The van der Waals surface area contributed by atoms with Crippen molar-refractivity contribution in [2.24, 2.45) is 0 Å². The molecule has 0 aliphatic carbocycles. The van der Waals surface area contributed by atoms with Gasteiger partial charge in [0.2, 0.25) is 5.91 Å². The monoisotopic (exact) mass is 633 g/mol. The lowest BCUT2D eigenvalue weighted by Crippen LogP contribution is -2.49. The van der Waals surface area contributed by atoms with Crippen molar-refractivity contribution in [1.82, 2.24) is 25.3 Å². The van der Waals surface area contributed by atoms with Crippen LogP contribution in [0.2, 0.25) is 0 Å². The van der Waals surface area contributed by atoms with Crippen molar-refractivity contribution in [3.63, 3.8) is 0 Å². The summed E-state index contributed by atoms with van der Waals surface area (Å²) < 4.78 is 41.5. The van der Waals surface area contributed by atoms with Crippen molar-refractivity contribution >= 4 is 11.8 Å². The number of alkyl halides is 1. The number of carbonyl (C=O) groups excluding carboxylic acids is 2. The van der Waals surface area contributed by atoms with Crippen LogP contribution in [0.1, 0.15) is 74.0 Å². The first-order valence-electron chi connectivity index (χ1n) is 16.2. The number of benzene rings is 2. The van der Waals surface area contributed by atoms with Gasteiger partial charge in [-0.1, -0.05) is 0 Å². The zero-order valence-corrected chi connectivity index (χ0v) is 26.4. The summed E-state index contributed by atoms with van der Waals surface area (Å²) >= 11 is 0. The Morgan fingerprint density at radius 2 is 1.76 bits per heavy atom. The molecule has 2 aromatic carbocycles. The SMILES string of the molecule is CC(C)(F)c1ccc(-c2ccc(Oc3cc(C(=O)NC4CCN(C5CCOCC5)CC4)c(F)cc3CN3CCCC3=O)cc2)nn1. The molecule has 11 heteroatoms. The Hall–Kier alpha value is -3.96. The van der Waals surface area contributed by atoms with Gasteiger partial charge in [0, 0.05) is 69.0 Å². The van der Waals surface area contributed by atoms with Crippen LogP contribution < -0.4 is 10.1 Å². The van der Waals surface area contributed by atoms with E-state index in [9.17, 15) is 14.0 Å². The van der Waals surface area contributed by atoms with Crippen LogP contribution in [-0.4, -0.2) is 76.7 Å². The van der Waals surface area contributed by atoms with Gasteiger partial charge in [0.05, 0.1) is 17.0 Å². The molecule has 1 aromatic heterocycles. The number of hydrogen-bond acceptors (Lipinski definition) is 7. The molecule has 3 fully saturated rings. The normalized spacial score (nSPS) is 18.6. The minimum absolute atomic E-state index is 0.00732. The number of hydrogen-bond donors (Lipinski definition) is 1. The lowest BCUT2D eigenvalue weighted by Gasteiger charge is -2.39. The van der Waals surface area contributed by atoms with Crippen LogP contribution in [0.25, 0.3) is 11.3 Å². The zero-order valence-electron chi connectivity index (χ0n) is 26.4. The second-order valence-electron chi connectivity index (χ2n) is 12.9. The Kier molecular flexibility index (Phi) is 9.60. The van der Waals surface area contributed by atoms with Gasteiger partial charge in [-0.3, -0.25) is 9.59 Å². The molecule has 9 nitrogen and oxygen atoms in total. The third-order valence-electron chi connectivity index (χ3n) is 9.15. The Bertz CT molecular complexity index is 1530. The van der Waals surface area contributed by atoms with Crippen LogP contribution in [0, 0.1) is 5.82 Å². The number of nitrogens with zero attached hydrogens (tertiary/aromatic N) is 4. The van der Waals surface area contributed by atoms with E-state index in [-0.39, 0.29) is 29.8 Å². The molecular weight excluding hydrogens is 592 g/mol. The van der Waals surface area contributed by atoms with E-state index in [1.807, 2.05) is 0 Å². The maximum atomic E-state index is 15.5. The van der Waals surface area contributed by atoms with Crippen LogP contribution >= 0.6 is 0 Å². The van der Waals surface area contributed by atoms with E-state index in [1.165, 1.54) is 26.0 Å². The molecular formula is C35H41F2N5O4. The number of halogens is 2. The molecule has 0 unspecified atom stereocenters. The highest BCUT2D eigenvalue weighted by Crippen LogP contribution is 2.32. The predicted molar refractivity (Wildman–Crippen MR) is 169 cm³/mol. The van der Waals surface area contributed by atoms with Crippen molar-refractivity contribution < 1.29 is 27.8 Å². The van der Waals surface area contributed by atoms with Gasteiger partial charge in [0.25, 0.3) is 5.91 Å². The number of rotatable bonds is 9. The van der Waals surface area contributed by atoms with Crippen molar-refractivity contribution in [1.29, 1.82) is 0 Å². The lowest BCUT2D eigenvalue weighted by atomic mass is 9.99. The van der Waals surface area contributed by atoms with E-state index < -0.39 is 17.4 Å². The summed E-state index contributed by atoms with van der Waals surface area (Å²) in [5, 5.41) is 11.2. The summed E-state index contributed by atoms with van der Waals surface area (Å²) in [5.74, 6) is -0.356. The number of aromatic nitrogens is 2. The number of piperidine rings is 1. The summed E-state index contributed by atoms with van der Waals surface area (Å²) in [5.41, 5.74) is 0.375. The summed E-state index contributed by atoms with van der Waals surface area (Å²) in [6, 6.07) is 13.6. The Morgan fingerprint density at radius 1 is 1.02 bits per heavy atom. The average molecular weight is 634 g/mol. The number of amides is 2. The van der Waals surface area contributed by atoms with Crippen LogP contribution in [-0.2, 0) is 21.7 Å². The summed E-state index contributed by atoms with van der Waals surface area (Å²) in [6.45, 7) is 6.98. The molecule has 6 rings (SSSR count). The Morgan fingerprint density at radius 3 is 2.39 bits per heavy atom. The van der Waals surface area contributed by atoms with Gasteiger partial charge in [0.15, 0.2) is 0 Å². The first-order chi connectivity index (χ1) is 22.1. The van der Waals surface area contributed by atoms with Crippen molar-refractivity contribution in [3.05, 3.63) is 71.2 Å². The van der Waals surface area contributed by atoms with Crippen LogP contribution in [0.4, 0.5) is 8.78 Å². The van der Waals surface area contributed by atoms with E-state index in [4.69, 9.17) is 9.47 Å². The summed E-state index contributed by atoms with van der Waals surface area (Å²) in [7, 11) is 0. The van der Waals surface area contributed by atoms with E-state index in [0.29, 0.717) is 41.8 Å². The number of likely N-dealkylation sites (tertiary alicyclic amines) is 2. The molecule has 0 bridgehead atoms. The Labute approximate surface area is 268 Å². The van der Waals surface area contributed by atoms with Crippen molar-refractivity contribution in [3.8, 4) is 22.8 Å².